The number of carbonyl (C=O) groups is 2. The van der Waals surface area contributed by atoms with Gasteiger partial charge in [-0.1, -0.05) is 16.9 Å². The van der Waals surface area contributed by atoms with E-state index in [4.69, 9.17) is 14.2 Å². The van der Waals surface area contributed by atoms with Gasteiger partial charge in [0.2, 0.25) is 12.7 Å². The van der Waals surface area contributed by atoms with Crippen LogP contribution in [0.3, 0.4) is 0 Å². The highest BCUT2D eigenvalue weighted by Gasteiger charge is 2.67. The van der Waals surface area contributed by atoms with E-state index in [2.05, 4.69) is 17.7 Å². The average molecular weight is 450 g/mol. The maximum atomic E-state index is 13.6. The fourth-order valence-electron chi connectivity index (χ4n) is 4.74. The number of hydrogen-bond acceptors (Lipinski definition) is 8. The molecule has 8 nitrogen and oxygen atoms in total. The number of carbonyl (C=O) groups excluding carboxylic acids is 2. The zero-order valence-corrected chi connectivity index (χ0v) is 18.7. The largest absolute Gasteiger partial charge is 0.454 e. The summed E-state index contributed by atoms with van der Waals surface area (Å²) in [6.45, 7) is 2.02. The second-order valence-electron chi connectivity index (χ2n) is 8.00. The summed E-state index contributed by atoms with van der Waals surface area (Å²) < 4.78 is 16.4. The second kappa shape index (κ2) is 7.55. The average Bonchev–Trinajstić information content (AvgIpc) is 3.31. The minimum atomic E-state index is -1.31. The van der Waals surface area contributed by atoms with Crippen LogP contribution in [0.2, 0.25) is 0 Å². The standard InChI is InChI=1S/C20H23N3O5S2/c1-12-6-16(24)23-17(13-4-5-14-15(7-13)28-11-27-14)19(9-21,10-26-3)8-20(23,30-29)18(25)22(12)2/h4-5,7,12,17,29H,6,8,10-11H2,1-3H3. The Hall–Kier alpha value is -2.09. The number of amides is 2. The van der Waals surface area contributed by atoms with Gasteiger partial charge in [-0.2, -0.15) is 5.26 Å². The van der Waals surface area contributed by atoms with E-state index in [1.165, 1.54) is 7.11 Å². The van der Waals surface area contributed by atoms with Gasteiger partial charge in [0.25, 0.3) is 5.91 Å². The van der Waals surface area contributed by atoms with Crippen molar-refractivity contribution in [1.82, 2.24) is 9.80 Å². The van der Waals surface area contributed by atoms with Crippen LogP contribution in [0.4, 0.5) is 0 Å². The van der Waals surface area contributed by atoms with E-state index >= 15 is 0 Å². The molecule has 0 saturated carbocycles. The number of nitriles is 1. The van der Waals surface area contributed by atoms with Crippen LogP contribution < -0.4 is 9.47 Å². The molecule has 4 atom stereocenters. The van der Waals surface area contributed by atoms with Gasteiger partial charge in [0.1, 0.15) is 5.41 Å². The lowest BCUT2D eigenvalue weighted by Crippen LogP contribution is -2.53. The summed E-state index contributed by atoms with van der Waals surface area (Å²) >= 11 is 4.43. The topological polar surface area (TPSA) is 92.1 Å². The van der Waals surface area contributed by atoms with E-state index in [1.54, 1.807) is 29.0 Å². The molecule has 0 radical (unpaired) electrons. The molecule has 0 spiro atoms. The van der Waals surface area contributed by atoms with Gasteiger partial charge in [-0.05, 0) is 24.6 Å². The summed E-state index contributed by atoms with van der Waals surface area (Å²) in [4.78, 5) is 28.9. The molecule has 0 aliphatic carbocycles. The Morgan fingerprint density at radius 2 is 2.10 bits per heavy atom. The zero-order chi connectivity index (χ0) is 21.7. The van der Waals surface area contributed by atoms with E-state index < -0.39 is 16.3 Å². The molecule has 0 bridgehead atoms. The third-order valence-corrected chi connectivity index (χ3v) is 7.99. The second-order valence-corrected chi connectivity index (χ2v) is 9.41. The fraction of sp³-hybridized carbons (Fsp3) is 0.550. The van der Waals surface area contributed by atoms with Gasteiger partial charge in [0.05, 0.1) is 18.7 Å². The predicted molar refractivity (Wildman–Crippen MR) is 113 cm³/mol. The maximum Gasteiger partial charge on any atom is 0.260 e. The highest BCUT2D eigenvalue weighted by Crippen LogP contribution is 2.61. The Morgan fingerprint density at radius 3 is 2.77 bits per heavy atom. The van der Waals surface area contributed by atoms with Crippen LogP contribution in [0.25, 0.3) is 0 Å². The molecule has 3 heterocycles. The molecule has 2 amide bonds. The van der Waals surface area contributed by atoms with Gasteiger partial charge in [-0.25, -0.2) is 0 Å². The molecule has 30 heavy (non-hydrogen) atoms. The van der Waals surface area contributed by atoms with Crippen molar-refractivity contribution < 1.29 is 23.8 Å². The summed E-state index contributed by atoms with van der Waals surface area (Å²) in [6, 6.07) is 6.79. The van der Waals surface area contributed by atoms with Gasteiger partial charge >= 0.3 is 0 Å². The Bertz CT molecular complexity index is 938. The number of hydrogen-bond donors (Lipinski definition) is 1. The SMILES string of the molecule is COCC1(C#N)CC2(SS)C(=O)N(C)C(C)CC(=O)N2C1c1ccc2c(c1)OCO2. The van der Waals surface area contributed by atoms with Crippen LogP contribution in [0.15, 0.2) is 18.2 Å². The van der Waals surface area contributed by atoms with Gasteiger partial charge in [0, 0.05) is 33.0 Å². The lowest BCUT2D eigenvalue weighted by molar-refractivity contribution is -0.142. The molecule has 2 fully saturated rings. The molecule has 0 N–H and O–H groups in total. The Morgan fingerprint density at radius 1 is 1.37 bits per heavy atom. The van der Waals surface area contributed by atoms with E-state index in [0.717, 1.165) is 10.8 Å². The summed E-state index contributed by atoms with van der Waals surface area (Å²) in [6.07, 6.45) is 0.271. The molecule has 2 saturated heterocycles. The minimum Gasteiger partial charge on any atom is -0.454 e. The molecule has 10 heteroatoms. The van der Waals surface area contributed by atoms with Crippen LogP contribution in [0, 0.1) is 16.7 Å². The number of nitrogens with zero attached hydrogens (tertiary/aromatic N) is 3. The first-order valence-electron chi connectivity index (χ1n) is 9.55. The van der Waals surface area contributed by atoms with Crippen molar-refractivity contribution in [2.75, 3.05) is 27.6 Å². The molecular formula is C20H23N3O5S2. The van der Waals surface area contributed by atoms with Crippen LogP contribution in [0.1, 0.15) is 31.4 Å². The van der Waals surface area contributed by atoms with Crippen LogP contribution in [-0.2, 0) is 14.3 Å². The van der Waals surface area contributed by atoms with Crippen molar-refractivity contribution in [2.24, 2.45) is 5.41 Å². The lowest BCUT2D eigenvalue weighted by Gasteiger charge is -2.38. The first kappa shape index (κ1) is 21.2. The van der Waals surface area contributed by atoms with Crippen molar-refractivity contribution in [3.8, 4) is 17.6 Å². The zero-order valence-electron chi connectivity index (χ0n) is 17.0. The Kier molecular flexibility index (Phi) is 5.33. The van der Waals surface area contributed by atoms with Crippen molar-refractivity contribution in [2.45, 2.75) is 36.7 Å². The Labute approximate surface area is 184 Å². The molecular weight excluding hydrogens is 426 g/mol. The minimum absolute atomic E-state index is 0.0645. The van der Waals surface area contributed by atoms with E-state index in [9.17, 15) is 14.9 Å². The van der Waals surface area contributed by atoms with Crippen molar-refractivity contribution >= 4 is 34.3 Å². The van der Waals surface area contributed by atoms with Crippen molar-refractivity contribution in [3.05, 3.63) is 23.8 Å². The van der Waals surface area contributed by atoms with Gasteiger partial charge in [-0.15, -0.1) is 11.7 Å². The van der Waals surface area contributed by atoms with Gasteiger partial charge in [-0.3, -0.25) is 9.59 Å². The molecule has 1 aromatic carbocycles. The summed E-state index contributed by atoms with van der Waals surface area (Å²) in [7, 11) is 4.21. The maximum absolute atomic E-state index is 13.6. The molecule has 4 unspecified atom stereocenters. The third-order valence-electron chi connectivity index (χ3n) is 6.27. The molecule has 1 aromatic rings. The Balaban J connectivity index is 1.94. The van der Waals surface area contributed by atoms with Gasteiger partial charge in [0.15, 0.2) is 16.4 Å². The van der Waals surface area contributed by atoms with E-state index in [-0.39, 0.29) is 44.1 Å². The number of likely N-dealkylation sites (N-methyl/N-ethyl adjacent to an activating group) is 1. The van der Waals surface area contributed by atoms with Crippen LogP contribution >= 0.6 is 22.5 Å². The van der Waals surface area contributed by atoms with Crippen LogP contribution in [0.5, 0.6) is 11.5 Å². The number of benzene rings is 1. The highest BCUT2D eigenvalue weighted by atomic mass is 33.1. The number of methoxy groups -OCH3 is 1. The molecule has 160 valence electrons. The lowest BCUT2D eigenvalue weighted by atomic mass is 9.78. The van der Waals surface area contributed by atoms with Crippen molar-refractivity contribution in [3.63, 3.8) is 0 Å². The number of rotatable bonds is 4. The highest BCUT2D eigenvalue weighted by molar-refractivity contribution is 8.69. The van der Waals surface area contributed by atoms with Crippen LogP contribution in [-0.4, -0.2) is 60.1 Å². The third kappa shape index (κ3) is 2.87. The van der Waals surface area contributed by atoms with Crippen molar-refractivity contribution in [1.29, 1.82) is 5.26 Å². The first-order valence-corrected chi connectivity index (χ1v) is 11.4. The number of fused-ring (bicyclic) bond motifs is 2. The smallest absolute Gasteiger partial charge is 0.260 e. The van der Waals surface area contributed by atoms with E-state index in [0.29, 0.717) is 17.1 Å². The predicted octanol–water partition coefficient (Wildman–Crippen LogP) is 2.37. The fourth-order valence-corrected chi connectivity index (χ4v) is 6.27. The number of ether oxygens (including phenoxy) is 3. The summed E-state index contributed by atoms with van der Waals surface area (Å²) in [5.41, 5.74) is -0.439. The monoisotopic (exact) mass is 449 g/mol. The molecule has 3 aliphatic heterocycles. The van der Waals surface area contributed by atoms with E-state index in [1.807, 2.05) is 13.0 Å². The quantitative estimate of drug-likeness (QED) is 0.557. The molecule has 0 aromatic heterocycles. The summed E-state index contributed by atoms with van der Waals surface area (Å²) in [5, 5.41) is 10.3. The molecule has 3 aliphatic rings. The van der Waals surface area contributed by atoms with Gasteiger partial charge < -0.3 is 24.0 Å². The molecule has 4 rings (SSSR count). The summed E-state index contributed by atoms with van der Waals surface area (Å²) in [5.74, 6) is 0.719. The first-order chi connectivity index (χ1) is 14.3. The normalized spacial score (nSPS) is 32.8. The number of thiol groups is 1.